The summed E-state index contributed by atoms with van der Waals surface area (Å²) >= 11 is 0. The van der Waals surface area contributed by atoms with Crippen LogP contribution in [0.4, 0.5) is 0 Å². The van der Waals surface area contributed by atoms with Gasteiger partial charge in [0.1, 0.15) is 18.7 Å². The van der Waals surface area contributed by atoms with Crippen molar-refractivity contribution in [2.24, 2.45) is 4.99 Å². The Balaban J connectivity index is 0.00000256. The monoisotopic (exact) mass is 523 g/mol. The fourth-order valence-corrected chi connectivity index (χ4v) is 3.98. The first-order valence-corrected chi connectivity index (χ1v) is 10.3. The summed E-state index contributed by atoms with van der Waals surface area (Å²) in [5.41, 5.74) is 2.83. The second kappa shape index (κ2) is 10.2. The summed E-state index contributed by atoms with van der Waals surface area (Å²) in [7, 11) is 3.51. The molecule has 2 atom stereocenters. The molecule has 0 fully saturated rings. The maximum absolute atomic E-state index is 12.1. The first-order valence-electron chi connectivity index (χ1n) is 10.3. The predicted octanol–water partition coefficient (Wildman–Crippen LogP) is 1.39. The SMILES string of the molecule is CN(C)C(=O)CN=C(NC1CCc2ccccc2C1)NC1CCc2ncnn2C1.I. The van der Waals surface area contributed by atoms with Crippen LogP contribution in [0.25, 0.3) is 0 Å². The Kier molecular flexibility index (Phi) is 7.68. The highest BCUT2D eigenvalue weighted by Crippen LogP contribution is 2.21. The third-order valence-corrected chi connectivity index (χ3v) is 5.71. The number of carbonyl (C=O) groups excluding carboxylic acids is 1. The Labute approximate surface area is 194 Å². The van der Waals surface area contributed by atoms with Gasteiger partial charge < -0.3 is 15.5 Å². The van der Waals surface area contributed by atoms with Crippen molar-refractivity contribution < 1.29 is 4.79 Å². The maximum Gasteiger partial charge on any atom is 0.243 e. The van der Waals surface area contributed by atoms with Gasteiger partial charge in [-0.2, -0.15) is 5.10 Å². The highest BCUT2D eigenvalue weighted by atomic mass is 127. The molecule has 9 heteroatoms. The molecule has 1 aliphatic carbocycles. The topological polar surface area (TPSA) is 87.4 Å². The van der Waals surface area contributed by atoms with Crippen LogP contribution in [0.2, 0.25) is 0 Å². The first-order chi connectivity index (χ1) is 14.1. The highest BCUT2D eigenvalue weighted by molar-refractivity contribution is 14.0. The molecule has 0 bridgehead atoms. The van der Waals surface area contributed by atoms with Crippen LogP contribution in [0, 0.1) is 0 Å². The molecular formula is C21H30IN7O. The van der Waals surface area contributed by atoms with E-state index in [9.17, 15) is 4.79 Å². The molecule has 30 heavy (non-hydrogen) atoms. The third-order valence-electron chi connectivity index (χ3n) is 5.71. The molecule has 0 radical (unpaired) electrons. The second-order valence-corrected chi connectivity index (χ2v) is 8.04. The minimum Gasteiger partial charge on any atom is -0.353 e. The molecule has 162 valence electrons. The number of guanidine groups is 1. The minimum absolute atomic E-state index is 0. The molecule has 2 heterocycles. The number of aliphatic imine (C=N–C) groups is 1. The summed E-state index contributed by atoms with van der Waals surface area (Å²) in [6, 6.07) is 9.14. The number of nitrogens with one attached hydrogen (secondary N) is 2. The maximum atomic E-state index is 12.1. The molecule has 2 N–H and O–H groups in total. The molecule has 2 unspecified atom stereocenters. The van der Waals surface area contributed by atoms with Gasteiger partial charge in [0.2, 0.25) is 5.91 Å². The van der Waals surface area contributed by atoms with Crippen molar-refractivity contribution in [3.8, 4) is 0 Å². The van der Waals surface area contributed by atoms with Gasteiger partial charge in [0.15, 0.2) is 5.96 Å². The summed E-state index contributed by atoms with van der Waals surface area (Å²) in [4.78, 5) is 22.5. The van der Waals surface area contributed by atoms with E-state index in [-0.39, 0.29) is 42.5 Å². The lowest BCUT2D eigenvalue weighted by molar-refractivity contribution is -0.127. The normalized spacial score (nSPS) is 20.4. The largest absolute Gasteiger partial charge is 0.353 e. The van der Waals surface area contributed by atoms with Crippen LogP contribution in [-0.2, 0) is 30.6 Å². The summed E-state index contributed by atoms with van der Waals surface area (Å²) in [6.07, 6.45) is 6.55. The molecular weight excluding hydrogens is 493 g/mol. The molecule has 1 aromatic heterocycles. The zero-order valence-electron chi connectivity index (χ0n) is 17.5. The van der Waals surface area contributed by atoms with Crippen molar-refractivity contribution in [1.29, 1.82) is 0 Å². The Morgan fingerprint density at radius 1 is 1.17 bits per heavy atom. The average molecular weight is 523 g/mol. The van der Waals surface area contributed by atoms with E-state index < -0.39 is 0 Å². The summed E-state index contributed by atoms with van der Waals surface area (Å²) < 4.78 is 1.95. The Morgan fingerprint density at radius 3 is 2.70 bits per heavy atom. The minimum atomic E-state index is -0.0118. The van der Waals surface area contributed by atoms with Gasteiger partial charge in [0, 0.05) is 32.6 Å². The quantitative estimate of drug-likeness (QED) is 0.360. The van der Waals surface area contributed by atoms with E-state index in [0.717, 1.165) is 44.5 Å². The first kappa shape index (κ1) is 22.5. The van der Waals surface area contributed by atoms with Gasteiger partial charge in [-0.05, 0) is 36.8 Å². The number of likely N-dealkylation sites (N-methyl/N-ethyl adjacent to an activating group) is 1. The summed E-state index contributed by atoms with van der Waals surface area (Å²) in [5.74, 6) is 1.72. The molecule has 8 nitrogen and oxygen atoms in total. The van der Waals surface area contributed by atoms with Crippen molar-refractivity contribution >= 4 is 35.8 Å². The third kappa shape index (κ3) is 5.50. The standard InChI is InChI=1S/C21H29N7O.HI/c1-27(2)20(29)12-22-21(26-18-9-10-19-23-14-24-28(19)13-18)25-17-8-7-15-5-3-4-6-16(15)11-17;/h3-6,14,17-18H,7-13H2,1-2H3,(H2,22,25,26);1H. The smallest absolute Gasteiger partial charge is 0.243 e. The van der Waals surface area contributed by atoms with Gasteiger partial charge >= 0.3 is 0 Å². The van der Waals surface area contributed by atoms with Crippen molar-refractivity contribution in [3.63, 3.8) is 0 Å². The number of rotatable bonds is 4. The lowest BCUT2D eigenvalue weighted by Gasteiger charge is -2.30. The van der Waals surface area contributed by atoms with E-state index >= 15 is 0 Å². The van der Waals surface area contributed by atoms with Crippen molar-refractivity contribution in [1.82, 2.24) is 30.3 Å². The number of aryl methyl sites for hydroxylation is 2. The van der Waals surface area contributed by atoms with Crippen LogP contribution in [0.1, 0.15) is 29.8 Å². The lowest BCUT2D eigenvalue weighted by Crippen LogP contribution is -2.51. The van der Waals surface area contributed by atoms with Crippen molar-refractivity contribution in [2.75, 3.05) is 20.6 Å². The molecule has 2 aromatic rings. The van der Waals surface area contributed by atoms with Crippen LogP contribution in [0.15, 0.2) is 35.6 Å². The Bertz CT molecular complexity index is 895. The lowest BCUT2D eigenvalue weighted by atomic mass is 9.88. The van der Waals surface area contributed by atoms with Gasteiger partial charge in [0.25, 0.3) is 0 Å². The van der Waals surface area contributed by atoms with Crippen molar-refractivity contribution in [2.45, 2.75) is 50.7 Å². The summed E-state index contributed by atoms with van der Waals surface area (Å²) in [6.45, 7) is 0.887. The molecule has 4 rings (SSSR count). The second-order valence-electron chi connectivity index (χ2n) is 8.04. The zero-order chi connectivity index (χ0) is 20.2. The van der Waals surface area contributed by atoms with Crippen LogP contribution >= 0.6 is 24.0 Å². The van der Waals surface area contributed by atoms with E-state index in [1.807, 2.05) is 4.68 Å². The summed E-state index contributed by atoms with van der Waals surface area (Å²) in [5, 5.41) is 11.4. The molecule has 0 spiro atoms. The Hall–Kier alpha value is -2.17. The fraction of sp³-hybridized carbons (Fsp3) is 0.524. The number of halogens is 1. The van der Waals surface area contributed by atoms with E-state index in [1.165, 1.54) is 11.1 Å². The van der Waals surface area contributed by atoms with E-state index in [2.05, 4.69) is 50.0 Å². The van der Waals surface area contributed by atoms with Gasteiger partial charge in [-0.1, -0.05) is 24.3 Å². The molecule has 1 amide bonds. The van der Waals surface area contributed by atoms with E-state index in [0.29, 0.717) is 12.0 Å². The predicted molar refractivity (Wildman–Crippen MR) is 127 cm³/mol. The number of aromatic nitrogens is 3. The van der Waals surface area contributed by atoms with Gasteiger partial charge in [-0.3, -0.25) is 4.79 Å². The zero-order valence-corrected chi connectivity index (χ0v) is 19.9. The molecule has 0 saturated heterocycles. The fourth-order valence-electron chi connectivity index (χ4n) is 3.98. The number of hydrogen-bond acceptors (Lipinski definition) is 4. The highest BCUT2D eigenvalue weighted by Gasteiger charge is 2.23. The van der Waals surface area contributed by atoms with Gasteiger partial charge in [0.05, 0.1) is 6.54 Å². The van der Waals surface area contributed by atoms with Crippen molar-refractivity contribution in [3.05, 3.63) is 47.5 Å². The van der Waals surface area contributed by atoms with E-state index in [4.69, 9.17) is 0 Å². The molecule has 1 aliphatic heterocycles. The number of nitrogens with zero attached hydrogens (tertiary/aromatic N) is 5. The molecule has 1 aromatic carbocycles. The number of amides is 1. The number of fused-ring (bicyclic) bond motifs is 2. The molecule has 2 aliphatic rings. The van der Waals surface area contributed by atoms with Crippen LogP contribution in [0.3, 0.4) is 0 Å². The average Bonchev–Trinajstić information content (AvgIpc) is 3.19. The van der Waals surface area contributed by atoms with Crippen LogP contribution < -0.4 is 10.6 Å². The van der Waals surface area contributed by atoms with Gasteiger partial charge in [-0.15, -0.1) is 24.0 Å². The number of hydrogen-bond donors (Lipinski definition) is 2. The van der Waals surface area contributed by atoms with E-state index in [1.54, 1.807) is 25.3 Å². The molecule has 0 saturated carbocycles. The Morgan fingerprint density at radius 2 is 1.90 bits per heavy atom. The number of benzene rings is 1. The van der Waals surface area contributed by atoms with Crippen LogP contribution in [0.5, 0.6) is 0 Å². The van der Waals surface area contributed by atoms with Gasteiger partial charge in [-0.25, -0.2) is 14.7 Å². The number of carbonyl (C=O) groups is 1. The van der Waals surface area contributed by atoms with Crippen LogP contribution in [-0.4, -0.2) is 64.3 Å².